The van der Waals surface area contributed by atoms with E-state index >= 15 is 0 Å². The van der Waals surface area contributed by atoms with Gasteiger partial charge in [0.05, 0.1) is 12.9 Å². The van der Waals surface area contributed by atoms with Crippen molar-refractivity contribution >= 4 is 10.0 Å². The molecule has 0 saturated carbocycles. The highest BCUT2D eigenvalue weighted by molar-refractivity contribution is 7.89. The predicted octanol–water partition coefficient (Wildman–Crippen LogP) is 0.586. The van der Waals surface area contributed by atoms with Crippen molar-refractivity contribution in [2.45, 2.75) is 6.04 Å². The van der Waals surface area contributed by atoms with Crippen molar-refractivity contribution in [3.8, 4) is 5.75 Å². The number of sulfonamides is 1. The molecule has 0 radical (unpaired) electrons. The summed E-state index contributed by atoms with van der Waals surface area (Å²) in [4.78, 5) is 0. The summed E-state index contributed by atoms with van der Waals surface area (Å²) in [6.45, 7) is 0. The third-order valence-electron chi connectivity index (χ3n) is 2.48. The van der Waals surface area contributed by atoms with Gasteiger partial charge in [-0.1, -0.05) is 18.2 Å². The molecule has 0 heterocycles. The van der Waals surface area contributed by atoms with E-state index in [4.69, 9.17) is 10.5 Å². The number of methoxy groups -OCH3 is 1. The molecule has 0 aromatic heterocycles. The molecule has 1 atom stereocenters. The van der Waals surface area contributed by atoms with Gasteiger partial charge in [-0.2, -0.15) is 0 Å². The Bertz CT molecular complexity index is 471. The molecule has 1 aromatic carbocycles. The van der Waals surface area contributed by atoms with Crippen LogP contribution in [0.25, 0.3) is 0 Å². The fourth-order valence-corrected chi connectivity index (χ4v) is 2.37. The lowest BCUT2D eigenvalue weighted by molar-refractivity contribution is 0.406. The van der Waals surface area contributed by atoms with Gasteiger partial charge < -0.3 is 10.5 Å². The zero-order chi connectivity index (χ0) is 13.1. The molecule has 0 aliphatic carbocycles. The molecule has 17 heavy (non-hydrogen) atoms. The molecular formula is C11H18N2O3S. The minimum Gasteiger partial charge on any atom is -0.496 e. The van der Waals surface area contributed by atoms with Gasteiger partial charge in [0.25, 0.3) is 0 Å². The lowest BCUT2D eigenvalue weighted by Crippen LogP contribution is -2.31. The van der Waals surface area contributed by atoms with Gasteiger partial charge in [-0.25, -0.2) is 12.7 Å². The first-order valence-corrected chi connectivity index (χ1v) is 6.78. The van der Waals surface area contributed by atoms with Gasteiger partial charge in [-0.15, -0.1) is 0 Å². The van der Waals surface area contributed by atoms with Crippen molar-refractivity contribution in [1.82, 2.24) is 4.31 Å². The van der Waals surface area contributed by atoms with Crippen LogP contribution in [0.5, 0.6) is 5.75 Å². The Labute approximate surface area is 102 Å². The normalized spacial score (nSPS) is 13.7. The zero-order valence-electron chi connectivity index (χ0n) is 10.3. The Morgan fingerprint density at radius 1 is 1.35 bits per heavy atom. The van der Waals surface area contributed by atoms with E-state index in [9.17, 15) is 8.42 Å². The van der Waals surface area contributed by atoms with Gasteiger partial charge in [0.1, 0.15) is 5.75 Å². The highest BCUT2D eigenvalue weighted by Gasteiger charge is 2.21. The summed E-state index contributed by atoms with van der Waals surface area (Å²) in [6.07, 6.45) is 0. The van der Waals surface area contributed by atoms with Crippen molar-refractivity contribution in [1.29, 1.82) is 0 Å². The largest absolute Gasteiger partial charge is 0.496 e. The van der Waals surface area contributed by atoms with Crippen LogP contribution in [-0.4, -0.2) is 39.7 Å². The minimum atomic E-state index is -3.32. The van der Waals surface area contributed by atoms with E-state index in [1.807, 2.05) is 6.07 Å². The number of benzene rings is 1. The maximum Gasteiger partial charge on any atom is 0.215 e. The van der Waals surface area contributed by atoms with E-state index in [2.05, 4.69) is 0 Å². The van der Waals surface area contributed by atoms with Crippen molar-refractivity contribution in [3.63, 3.8) is 0 Å². The smallest absolute Gasteiger partial charge is 0.215 e. The monoisotopic (exact) mass is 258 g/mol. The maximum absolute atomic E-state index is 11.7. The Balaban J connectivity index is 2.94. The first-order chi connectivity index (χ1) is 7.88. The Kier molecular flexibility index (Phi) is 4.50. The SMILES string of the molecule is COc1ccccc1C(N)CS(=O)(=O)N(C)C. The summed E-state index contributed by atoms with van der Waals surface area (Å²) in [6, 6.07) is 6.56. The van der Waals surface area contributed by atoms with Gasteiger partial charge in [-0.05, 0) is 6.07 Å². The van der Waals surface area contributed by atoms with Gasteiger partial charge in [0.15, 0.2) is 0 Å². The second kappa shape index (κ2) is 5.48. The first-order valence-electron chi connectivity index (χ1n) is 5.17. The molecule has 0 amide bonds. The molecule has 5 nitrogen and oxygen atoms in total. The second-order valence-electron chi connectivity index (χ2n) is 3.91. The maximum atomic E-state index is 11.7. The number of rotatable bonds is 5. The highest BCUT2D eigenvalue weighted by Crippen LogP contribution is 2.24. The number of ether oxygens (including phenoxy) is 1. The third kappa shape index (κ3) is 3.42. The summed E-state index contributed by atoms with van der Waals surface area (Å²) in [5, 5.41) is 0. The minimum absolute atomic E-state index is 0.139. The number of hydrogen-bond donors (Lipinski definition) is 1. The van der Waals surface area contributed by atoms with Crippen LogP contribution in [0.15, 0.2) is 24.3 Å². The second-order valence-corrected chi connectivity index (χ2v) is 6.14. The van der Waals surface area contributed by atoms with Crippen LogP contribution in [0.4, 0.5) is 0 Å². The predicted molar refractivity (Wildman–Crippen MR) is 67.4 cm³/mol. The molecule has 1 unspecified atom stereocenters. The molecule has 0 spiro atoms. The Hall–Kier alpha value is -1.11. The number of nitrogens with zero attached hydrogens (tertiary/aromatic N) is 1. The molecule has 0 aliphatic heterocycles. The molecule has 2 N–H and O–H groups in total. The van der Waals surface area contributed by atoms with E-state index in [-0.39, 0.29) is 5.75 Å². The average molecular weight is 258 g/mol. The fourth-order valence-electron chi connectivity index (χ4n) is 1.44. The Morgan fingerprint density at radius 2 is 1.94 bits per heavy atom. The summed E-state index contributed by atoms with van der Waals surface area (Å²) < 4.78 is 29.8. The van der Waals surface area contributed by atoms with Crippen molar-refractivity contribution < 1.29 is 13.2 Å². The fraction of sp³-hybridized carbons (Fsp3) is 0.455. The zero-order valence-corrected chi connectivity index (χ0v) is 11.1. The van der Waals surface area contributed by atoms with Crippen LogP contribution in [0.2, 0.25) is 0 Å². The van der Waals surface area contributed by atoms with Gasteiger partial charge >= 0.3 is 0 Å². The lowest BCUT2D eigenvalue weighted by atomic mass is 10.1. The van der Waals surface area contributed by atoms with Crippen LogP contribution < -0.4 is 10.5 Å². The molecule has 96 valence electrons. The summed E-state index contributed by atoms with van der Waals surface area (Å²) in [5.41, 5.74) is 6.60. The molecular weight excluding hydrogens is 240 g/mol. The number of hydrogen-bond acceptors (Lipinski definition) is 4. The van der Waals surface area contributed by atoms with E-state index in [0.717, 1.165) is 0 Å². The summed E-state index contributed by atoms with van der Waals surface area (Å²) >= 11 is 0. The van der Waals surface area contributed by atoms with Crippen molar-refractivity contribution in [3.05, 3.63) is 29.8 Å². The number of nitrogens with two attached hydrogens (primary N) is 1. The van der Waals surface area contributed by atoms with Crippen molar-refractivity contribution in [2.75, 3.05) is 27.0 Å². The van der Waals surface area contributed by atoms with Crippen LogP contribution >= 0.6 is 0 Å². The lowest BCUT2D eigenvalue weighted by Gasteiger charge is -2.18. The molecule has 0 bridgehead atoms. The quantitative estimate of drug-likeness (QED) is 0.839. The molecule has 0 saturated heterocycles. The standard InChI is InChI=1S/C11H18N2O3S/c1-13(2)17(14,15)8-10(12)9-6-4-5-7-11(9)16-3/h4-7,10H,8,12H2,1-3H3. The third-order valence-corrected chi connectivity index (χ3v) is 4.38. The van der Waals surface area contributed by atoms with Gasteiger partial charge in [0, 0.05) is 25.7 Å². The average Bonchev–Trinajstić information content (AvgIpc) is 2.28. The molecule has 0 aliphatic rings. The number of para-hydroxylation sites is 1. The molecule has 1 aromatic rings. The van der Waals surface area contributed by atoms with Crippen molar-refractivity contribution in [2.24, 2.45) is 5.73 Å². The van der Waals surface area contributed by atoms with Gasteiger partial charge in [-0.3, -0.25) is 0 Å². The topological polar surface area (TPSA) is 72.6 Å². The summed E-state index contributed by atoms with van der Waals surface area (Å²) in [7, 11) is 1.20. The molecule has 1 rings (SSSR count). The van der Waals surface area contributed by atoms with Crippen LogP contribution in [0.1, 0.15) is 11.6 Å². The van der Waals surface area contributed by atoms with E-state index < -0.39 is 16.1 Å². The van der Waals surface area contributed by atoms with Gasteiger partial charge in [0.2, 0.25) is 10.0 Å². The van der Waals surface area contributed by atoms with E-state index in [1.165, 1.54) is 25.5 Å². The first kappa shape index (κ1) is 14.0. The highest BCUT2D eigenvalue weighted by atomic mass is 32.2. The molecule has 0 fully saturated rings. The van der Waals surface area contributed by atoms with Crippen LogP contribution in [0.3, 0.4) is 0 Å². The molecule has 6 heteroatoms. The summed E-state index contributed by atoms with van der Waals surface area (Å²) in [5.74, 6) is 0.467. The van der Waals surface area contributed by atoms with Crippen LogP contribution in [0, 0.1) is 0 Å². The van der Waals surface area contributed by atoms with Crippen LogP contribution in [-0.2, 0) is 10.0 Å². The Morgan fingerprint density at radius 3 is 2.47 bits per heavy atom. The van der Waals surface area contributed by atoms with E-state index in [1.54, 1.807) is 18.2 Å². The van der Waals surface area contributed by atoms with E-state index in [0.29, 0.717) is 11.3 Å².